The molecule has 8 heteroatoms. The number of nitro groups is 1. The second-order valence-corrected chi connectivity index (χ2v) is 3.93. The Morgan fingerprint density at radius 3 is 2.76 bits per heavy atom. The molecule has 1 aromatic carbocycles. The van der Waals surface area contributed by atoms with Gasteiger partial charge in [-0.1, -0.05) is 6.07 Å². The predicted octanol–water partition coefficient (Wildman–Crippen LogP) is 1.29. The molecule has 0 saturated heterocycles. The Labute approximate surface area is 121 Å². The third-order valence-electron chi connectivity index (χ3n) is 2.64. The van der Waals surface area contributed by atoms with Crippen molar-refractivity contribution in [2.75, 3.05) is 18.6 Å². The first-order valence-corrected chi connectivity index (χ1v) is 5.97. The molecule has 0 radical (unpaired) electrons. The molecular formula is C13H14N4O4. The minimum absolute atomic E-state index is 0.109. The van der Waals surface area contributed by atoms with E-state index in [4.69, 9.17) is 15.7 Å². The van der Waals surface area contributed by atoms with Crippen molar-refractivity contribution >= 4 is 17.3 Å². The Hall–Kier alpha value is -3.08. The van der Waals surface area contributed by atoms with Crippen molar-refractivity contribution in [2.24, 2.45) is 5.73 Å². The van der Waals surface area contributed by atoms with Crippen molar-refractivity contribution in [3.05, 3.63) is 45.8 Å². The summed E-state index contributed by atoms with van der Waals surface area (Å²) in [5.74, 6) is -0.980. The van der Waals surface area contributed by atoms with Gasteiger partial charge in [-0.3, -0.25) is 10.1 Å². The van der Waals surface area contributed by atoms with Crippen molar-refractivity contribution < 1.29 is 14.5 Å². The number of nitriles is 1. The number of nitrogens with zero attached hydrogens (tertiary/aromatic N) is 3. The van der Waals surface area contributed by atoms with Gasteiger partial charge >= 0.3 is 5.97 Å². The van der Waals surface area contributed by atoms with Gasteiger partial charge in [0, 0.05) is 24.9 Å². The Bertz CT molecular complexity index is 633. The monoisotopic (exact) mass is 290 g/mol. The Kier molecular flexibility index (Phi) is 5.25. The van der Waals surface area contributed by atoms with Gasteiger partial charge in [0.1, 0.15) is 11.9 Å². The molecule has 110 valence electrons. The van der Waals surface area contributed by atoms with Gasteiger partial charge in [0.05, 0.1) is 11.5 Å². The minimum Gasteiger partial charge on any atom is -0.462 e. The lowest BCUT2D eigenvalue weighted by molar-refractivity contribution is -0.384. The van der Waals surface area contributed by atoms with Gasteiger partial charge in [-0.05, 0) is 13.0 Å². The van der Waals surface area contributed by atoms with E-state index in [-0.39, 0.29) is 23.7 Å². The molecule has 0 aliphatic heterocycles. The number of hydrogen-bond acceptors (Lipinski definition) is 7. The number of non-ortho nitro benzene ring substituents is 1. The SMILES string of the molecule is CCOC(=O)C(C#N)=C(N)N(C)c1cccc([N+](=O)[O-])c1. The average Bonchev–Trinajstić information content (AvgIpc) is 2.47. The number of carbonyl (C=O) groups excluding carboxylic acids is 1. The number of benzene rings is 1. The molecule has 1 aromatic rings. The molecule has 0 aliphatic rings. The van der Waals surface area contributed by atoms with Crippen LogP contribution in [0.15, 0.2) is 35.7 Å². The molecule has 0 unspecified atom stereocenters. The van der Waals surface area contributed by atoms with E-state index in [1.165, 1.54) is 30.1 Å². The highest BCUT2D eigenvalue weighted by Crippen LogP contribution is 2.22. The largest absolute Gasteiger partial charge is 0.462 e. The van der Waals surface area contributed by atoms with Crippen molar-refractivity contribution in [2.45, 2.75) is 6.92 Å². The first kappa shape index (κ1) is 16.0. The van der Waals surface area contributed by atoms with Crippen molar-refractivity contribution in [3.8, 4) is 6.07 Å². The first-order valence-electron chi connectivity index (χ1n) is 5.97. The van der Waals surface area contributed by atoms with E-state index in [1.54, 1.807) is 19.1 Å². The number of hydrogen-bond donors (Lipinski definition) is 1. The molecule has 0 heterocycles. The molecule has 0 aliphatic carbocycles. The fourth-order valence-electron chi connectivity index (χ4n) is 1.53. The lowest BCUT2D eigenvalue weighted by atomic mass is 10.2. The topological polar surface area (TPSA) is 122 Å². The van der Waals surface area contributed by atoms with Crippen LogP contribution in [0.3, 0.4) is 0 Å². The van der Waals surface area contributed by atoms with Crippen LogP contribution < -0.4 is 10.6 Å². The van der Waals surface area contributed by atoms with Crippen molar-refractivity contribution in [3.63, 3.8) is 0 Å². The van der Waals surface area contributed by atoms with E-state index in [2.05, 4.69) is 0 Å². The highest BCUT2D eigenvalue weighted by atomic mass is 16.6. The van der Waals surface area contributed by atoms with Crippen molar-refractivity contribution in [1.29, 1.82) is 5.26 Å². The van der Waals surface area contributed by atoms with E-state index in [1.807, 2.05) is 0 Å². The highest BCUT2D eigenvalue weighted by molar-refractivity contribution is 5.94. The van der Waals surface area contributed by atoms with Gasteiger partial charge in [-0.15, -0.1) is 0 Å². The van der Waals surface area contributed by atoms with Crippen LogP contribution in [0.5, 0.6) is 0 Å². The number of rotatable bonds is 5. The van der Waals surface area contributed by atoms with Gasteiger partial charge in [-0.25, -0.2) is 4.79 Å². The number of nitro benzene ring substituents is 1. The predicted molar refractivity (Wildman–Crippen MR) is 75.0 cm³/mol. The third kappa shape index (κ3) is 3.70. The lowest BCUT2D eigenvalue weighted by Gasteiger charge is -2.20. The molecule has 2 N–H and O–H groups in total. The van der Waals surface area contributed by atoms with Crippen molar-refractivity contribution in [1.82, 2.24) is 0 Å². The van der Waals surface area contributed by atoms with E-state index in [0.29, 0.717) is 5.69 Å². The number of ether oxygens (including phenoxy) is 1. The molecular weight excluding hydrogens is 276 g/mol. The van der Waals surface area contributed by atoms with E-state index >= 15 is 0 Å². The molecule has 0 spiro atoms. The molecule has 0 aromatic heterocycles. The standard InChI is InChI=1S/C13H14N4O4/c1-3-21-13(18)11(8-14)12(15)16(2)9-5-4-6-10(7-9)17(19)20/h4-7H,3,15H2,1-2H3. The normalized spacial score (nSPS) is 11.1. The zero-order chi connectivity index (χ0) is 16.0. The van der Waals surface area contributed by atoms with Crippen LogP contribution in [0, 0.1) is 21.4 Å². The summed E-state index contributed by atoms with van der Waals surface area (Å²) in [5, 5.41) is 19.8. The third-order valence-corrected chi connectivity index (χ3v) is 2.64. The molecule has 8 nitrogen and oxygen atoms in total. The molecule has 0 bridgehead atoms. The minimum atomic E-state index is -0.838. The fourth-order valence-corrected chi connectivity index (χ4v) is 1.53. The molecule has 1 rings (SSSR count). The summed E-state index contributed by atoms with van der Waals surface area (Å²) in [5.41, 5.74) is 5.67. The maximum Gasteiger partial charge on any atom is 0.352 e. The Balaban J connectivity index is 3.19. The number of nitrogens with two attached hydrogens (primary N) is 1. The summed E-state index contributed by atoms with van der Waals surface area (Å²) in [4.78, 5) is 23.1. The first-order chi connectivity index (χ1) is 9.92. The van der Waals surface area contributed by atoms with Crippen LogP contribution >= 0.6 is 0 Å². The van der Waals surface area contributed by atoms with Crippen LogP contribution in [0.1, 0.15) is 6.92 Å². The van der Waals surface area contributed by atoms with Gasteiger partial charge in [0.15, 0.2) is 5.57 Å². The Morgan fingerprint density at radius 2 is 2.24 bits per heavy atom. The number of anilines is 1. The van der Waals surface area contributed by atoms with Gasteiger partial charge in [-0.2, -0.15) is 5.26 Å². The van der Waals surface area contributed by atoms with Crippen LogP contribution in [0.25, 0.3) is 0 Å². The highest BCUT2D eigenvalue weighted by Gasteiger charge is 2.19. The van der Waals surface area contributed by atoms with Gasteiger partial charge in [0.25, 0.3) is 5.69 Å². The lowest BCUT2D eigenvalue weighted by Crippen LogP contribution is -2.27. The molecule has 0 fully saturated rings. The maximum absolute atomic E-state index is 11.6. The molecule has 0 atom stereocenters. The zero-order valence-corrected chi connectivity index (χ0v) is 11.6. The maximum atomic E-state index is 11.6. The average molecular weight is 290 g/mol. The summed E-state index contributed by atoms with van der Waals surface area (Å²) in [6.45, 7) is 1.71. The number of carbonyl (C=O) groups is 1. The molecule has 21 heavy (non-hydrogen) atoms. The summed E-state index contributed by atoms with van der Waals surface area (Å²) >= 11 is 0. The van der Waals surface area contributed by atoms with Gasteiger partial charge < -0.3 is 15.4 Å². The smallest absolute Gasteiger partial charge is 0.352 e. The zero-order valence-electron chi connectivity index (χ0n) is 11.6. The quantitative estimate of drug-likeness (QED) is 0.285. The van der Waals surface area contributed by atoms with Crippen LogP contribution in [0.2, 0.25) is 0 Å². The van der Waals surface area contributed by atoms with Gasteiger partial charge in [0.2, 0.25) is 0 Å². The van der Waals surface area contributed by atoms with Crippen LogP contribution in [0.4, 0.5) is 11.4 Å². The van der Waals surface area contributed by atoms with Crippen LogP contribution in [-0.2, 0) is 9.53 Å². The summed E-state index contributed by atoms with van der Waals surface area (Å²) in [6.07, 6.45) is 0. The fraction of sp³-hybridized carbons (Fsp3) is 0.231. The van der Waals surface area contributed by atoms with E-state index in [9.17, 15) is 14.9 Å². The molecule has 0 amide bonds. The second-order valence-electron chi connectivity index (χ2n) is 3.93. The Morgan fingerprint density at radius 1 is 1.57 bits per heavy atom. The van der Waals surface area contributed by atoms with E-state index < -0.39 is 10.9 Å². The summed E-state index contributed by atoms with van der Waals surface area (Å²) in [6, 6.07) is 7.34. The van der Waals surface area contributed by atoms with E-state index in [0.717, 1.165) is 0 Å². The summed E-state index contributed by atoms with van der Waals surface area (Å²) in [7, 11) is 1.49. The summed E-state index contributed by atoms with van der Waals surface area (Å²) < 4.78 is 4.73. The molecule has 0 saturated carbocycles. The second kappa shape index (κ2) is 6.91. The number of esters is 1. The van der Waals surface area contributed by atoms with Crippen LogP contribution in [-0.4, -0.2) is 24.5 Å².